The molecule has 1 saturated heterocycles. The third kappa shape index (κ3) is 4.87. The number of aromatic nitrogens is 2. The number of likely N-dealkylation sites (tertiary alicyclic amines) is 1. The molecule has 0 radical (unpaired) electrons. The third-order valence-corrected chi connectivity index (χ3v) is 5.56. The molecule has 0 unspecified atom stereocenters. The molecule has 2 aromatic carbocycles. The second-order valence-corrected chi connectivity index (χ2v) is 7.83. The summed E-state index contributed by atoms with van der Waals surface area (Å²) < 4.78 is 20.9. The van der Waals surface area contributed by atoms with E-state index >= 15 is 0 Å². The van der Waals surface area contributed by atoms with Crippen LogP contribution < -0.4 is 4.74 Å². The van der Waals surface area contributed by atoms with Gasteiger partial charge in [-0.15, -0.1) is 0 Å². The molecular weight excluding hydrogens is 381 g/mol. The summed E-state index contributed by atoms with van der Waals surface area (Å²) in [5.74, 6) is 1.66. The van der Waals surface area contributed by atoms with Gasteiger partial charge in [0.2, 0.25) is 0 Å². The smallest absolute Gasteiger partial charge is 0.253 e. The van der Waals surface area contributed by atoms with E-state index in [0.717, 1.165) is 30.8 Å². The first-order valence-electron chi connectivity index (χ1n) is 10.3. The van der Waals surface area contributed by atoms with E-state index in [1.54, 1.807) is 18.3 Å². The van der Waals surface area contributed by atoms with Crippen molar-refractivity contribution in [3.63, 3.8) is 0 Å². The fraction of sp³-hybridized carbons (Fsp3) is 0.333. The molecule has 0 aliphatic carbocycles. The van der Waals surface area contributed by atoms with Gasteiger partial charge in [0.15, 0.2) is 0 Å². The largest absolute Gasteiger partial charge is 0.493 e. The summed E-state index contributed by atoms with van der Waals surface area (Å²) in [4.78, 5) is 19.3. The second-order valence-electron chi connectivity index (χ2n) is 7.83. The van der Waals surface area contributed by atoms with Crippen LogP contribution in [0.1, 0.15) is 34.6 Å². The SMILES string of the molecule is Cc1nccn1Cc1cccc(C(=O)N2CCC[C@H](COc3ccc(F)cc3)C2)c1. The molecule has 6 heteroatoms. The number of carbonyl (C=O) groups excluding carboxylic acids is 1. The van der Waals surface area contributed by atoms with Gasteiger partial charge in [0.25, 0.3) is 5.91 Å². The van der Waals surface area contributed by atoms with Gasteiger partial charge < -0.3 is 14.2 Å². The number of aryl methyl sites for hydroxylation is 1. The Bertz CT molecular complexity index is 1000. The molecule has 1 aliphatic heterocycles. The minimum atomic E-state index is -0.276. The van der Waals surface area contributed by atoms with E-state index in [-0.39, 0.29) is 17.6 Å². The highest BCUT2D eigenvalue weighted by Gasteiger charge is 2.25. The predicted octanol–water partition coefficient (Wildman–Crippen LogP) is 4.31. The molecule has 156 valence electrons. The Morgan fingerprint density at radius 2 is 2.07 bits per heavy atom. The minimum absolute atomic E-state index is 0.0608. The van der Waals surface area contributed by atoms with E-state index in [4.69, 9.17) is 4.74 Å². The molecule has 3 aromatic rings. The highest BCUT2D eigenvalue weighted by Crippen LogP contribution is 2.21. The molecule has 1 atom stereocenters. The topological polar surface area (TPSA) is 47.4 Å². The van der Waals surface area contributed by atoms with Crippen LogP contribution >= 0.6 is 0 Å². The maximum Gasteiger partial charge on any atom is 0.253 e. The van der Waals surface area contributed by atoms with Crippen molar-refractivity contribution in [1.29, 1.82) is 0 Å². The van der Waals surface area contributed by atoms with Crippen LogP contribution in [0.25, 0.3) is 0 Å². The van der Waals surface area contributed by atoms with Gasteiger partial charge in [-0.2, -0.15) is 0 Å². The van der Waals surface area contributed by atoms with E-state index in [1.165, 1.54) is 12.1 Å². The van der Waals surface area contributed by atoms with E-state index in [0.29, 0.717) is 31.0 Å². The fourth-order valence-corrected chi connectivity index (χ4v) is 3.88. The van der Waals surface area contributed by atoms with Gasteiger partial charge in [0, 0.05) is 43.5 Å². The molecule has 2 heterocycles. The molecule has 0 bridgehead atoms. The molecule has 4 rings (SSSR count). The molecular formula is C24H26FN3O2. The Morgan fingerprint density at radius 3 is 2.83 bits per heavy atom. The van der Waals surface area contributed by atoms with Crippen molar-refractivity contribution >= 4 is 5.91 Å². The first-order chi connectivity index (χ1) is 14.6. The van der Waals surface area contributed by atoms with Gasteiger partial charge >= 0.3 is 0 Å². The second kappa shape index (κ2) is 9.11. The van der Waals surface area contributed by atoms with Gasteiger partial charge in [0.1, 0.15) is 17.4 Å². The standard InChI is InChI=1S/C24H26FN3O2/c1-18-26-11-13-27(18)15-19-4-2-6-21(14-19)24(29)28-12-3-5-20(16-28)17-30-23-9-7-22(25)8-10-23/h2,4,6-11,13-14,20H,3,5,12,15-17H2,1H3/t20-/m0/s1. The van der Waals surface area contributed by atoms with E-state index in [2.05, 4.69) is 9.55 Å². The van der Waals surface area contributed by atoms with Crippen LogP contribution in [-0.2, 0) is 6.54 Å². The van der Waals surface area contributed by atoms with Crippen LogP contribution in [0.3, 0.4) is 0 Å². The lowest BCUT2D eigenvalue weighted by Crippen LogP contribution is -2.41. The molecule has 5 nitrogen and oxygen atoms in total. The zero-order valence-electron chi connectivity index (χ0n) is 17.1. The average Bonchev–Trinajstić information content (AvgIpc) is 3.17. The van der Waals surface area contributed by atoms with Crippen LogP contribution in [0.15, 0.2) is 60.9 Å². The van der Waals surface area contributed by atoms with Crippen LogP contribution in [0.4, 0.5) is 4.39 Å². The first-order valence-corrected chi connectivity index (χ1v) is 10.3. The van der Waals surface area contributed by atoms with E-state index < -0.39 is 0 Å². The zero-order chi connectivity index (χ0) is 20.9. The van der Waals surface area contributed by atoms with Crippen LogP contribution in [0.5, 0.6) is 5.75 Å². The molecule has 1 amide bonds. The van der Waals surface area contributed by atoms with Crippen molar-refractivity contribution in [3.8, 4) is 5.75 Å². The summed E-state index contributed by atoms with van der Waals surface area (Å²) in [6, 6.07) is 13.9. The first kappa shape index (κ1) is 20.1. The van der Waals surface area contributed by atoms with Crippen LogP contribution in [0, 0.1) is 18.7 Å². The van der Waals surface area contributed by atoms with Gasteiger partial charge in [0.05, 0.1) is 6.61 Å². The quantitative estimate of drug-likeness (QED) is 0.612. The number of carbonyl (C=O) groups is 1. The molecule has 0 spiro atoms. The van der Waals surface area contributed by atoms with Gasteiger partial charge in [-0.3, -0.25) is 4.79 Å². The summed E-state index contributed by atoms with van der Waals surface area (Å²) in [7, 11) is 0. The molecule has 1 aliphatic rings. The lowest BCUT2D eigenvalue weighted by molar-refractivity contribution is 0.0633. The molecule has 30 heavy (non-hydrogen) atoms. The van der Waals surface area contributed by atoms with E-state index in [9.17, 15) is 9.18 Å². The number of imidazole rings is 1. The maximum atomic E-state index is 13.1. The Hall–Kier alpha value is -3.15. The highest BCUT2D eigenvalue weighted by atomic mass is 19.1. The van der Waals surface area contributed by atoms with E-state index in [1.807, 2.05) is 42.3 Å². The van der Waals surface area contributed by atoms with Crippen molar-refractivity contribution in [2.24, 2.45) is 5.92 Å². The lowest BCUT2D eigenvalue weighted by atomic mass is 9.98. The van der Waals surface area contributed by atoms with Crippen LogP contribution in [-0.4, -0.2) is 40.1 Å². The fourth-order valence-electron chi connectivity index (χ4n) is 3.88. The molecule has 1 aromatic heterocycles. The van der Waals surface area contributed by atoms with Crippen molar-refractivity contribution in [2.45, 2.75) is 26.3 Å². The average molecular weight is 407 g/mol. The Morgan fingerprint density at radius 1 is 1.23 bits per heavy atom. The number of amides is 1. The molecule has 0 N–H and O–H groups in total. The Balaban J connectivity index is 1.37. The number of halogens is 1. The predicted molar refractivity (Wildman–Crippen MR) is 113 cm³/mol. The Labute approximate surface area is 176 Å². The highest BCUT2D eigenvalue weighted by molar-refractivity contribution is 5.94. The minimum Gasteiger partial charge on any atom is -0.493 e. The molecule has 1 fully saturated rings. The summed E-state index contributed by atoms with van der Waals surface area (Å²) in [6.07, 6.45) is 5.70. The monoisotopic (exact) mass is 407 g/mol. The lowest BCUT2D eigenvalue weighted by Gasteiger charge is -2.32. The zero-order valence-corrected chi connectivity index (χ0v) is 17.1. The summed E-state index contributed by atoms with van der Waals surface area (Å²) in [6.45, 7) is 4.62. The van der Waals surface area contributed by atoms with Gasteiger partial charge in [-0.25, -0.2) is 9.37 Å². The van der Waals surface area contributed by atoms with Crippen LogP contribution in [0.2, 0.25) is 0 Å². The normalized spacial score (nSPS) is 16.5. The van der Waals surface area contributed by atoms with Crippen molar-refractivity contribution < 1.29 is 13.9 Å². The van der Waals surface area contributed by atoms with Crippen molar-refractivity contribution in [2.75, 3.05) is 19.7 Å². The maximum absolute atomic E-state index is 13.1. The number of piperidine rings is 1. The van der Waals surface area contributed by atoms with Crippen molar-refractivity contribution in [1.82, 2.24) is 14.5 Å². The summed E-state index contributed by atoms with van der Waals surface area (Å²) >= 11 is 0. The number of hydrogen-bond acceptors (Lipinski definition) is 3. The molecule has 0 saturated carbocycles. The number of ether oxygens (including phenoxy) is 1. The number of nitrogens with zero attached hydrogens (tertiary/aromatic N) is 3. The third-order valence-electron chi connectivity index (χ3n) is 5.56. The Kier molecular flexibility index (Phi) is 6.12. The number of hydrogen-bond donors (Lipinski definition) is 0. The van der Waals surface area contributed by atoms with Gasteiger partial charge in [-0.05, 0) is 61.7 Å². The summed E-state index contributed by atoms with van der Waals surface area (Å²) in [5.41, 5.74) is 1.79. The number of benzene rings is 2. The van der Waals surface area contributed by atoms with Crippen molar-refractivity contribution in [3.05, 3.63) is 83.7 Å². The summed E-state index contributed by atoms with van der Waals surface area (Å²) in [5, 5.41) is 0. The number of rotatable bonds is 6. The van der Waals surface area contributed by atoms with Gasteiger partial charge in [-0.1, -0.05) is 12.1 Å².